The molecular weight excluding hydrogens is 230 g/mol. The summed E-state index contributed by atoms with van der Waals surface area (Å²) in [7, 11) is 3.33. The number of hydrogen-bond acceptors (Lipinski definition) is 4. The van der Waals surface area contributed by atoms with Crippen LogP contribution in [0.3, 0.4) is 0 Å². The fraction of sp³-hybridized carbons (Fsp3) is 0.571. The van der Waals surface area contributed by atoms with E-state index >= 15 is 0 Å². The van der Waals surface area contributed by atoms with Crippen molar-refractivity contribution in [2.45, 2.75) is 25.4 Å². The molecule has 0 saturated heterocycles. The summed E-state index contributed by atoms with van der Waals surface area (Å²) in [5, 5.41) is 12.9. The van der Waals surface area contributed by atoms with Gasteiger partial charge in [0.1, 0.15) is 5.75 Å². The van der Waals surface area contributed by atoms with Gasteiger partial charge in [0.05, 0.1) is 19.8 Å². The highest BCUT2D eigenvalue weighted by Crippen LogP contribution is 2.19. The minimum absolute atomic E-state index is 0.0600. The van der Waals surface area contributed by atoms with Crippen LogP contribution < -0.4 is 10.1 Å². The third-order valence-corrected chi connectivity index (χ3v) is 2.92. The van der Waals surface area contributed by atoms with Gasteiger partial charge in [-0.2, -0.15) is 0 Å². The summed E-state index contributed by atoms with van der Waals surface area (Å²) in [6, 6.07) is 7.96. The van der Waals surface area contributed by atoms with Gasteiger partial charge in [0.25, 0.3) is 0 Å². The molecule has 102 valence electrons. The Bertz CT molecular complexity index is 344. The molecule has 2 N–H and O–H groups in total. The van der Waals surface area contributed by atoms with Crippen molar-refractivity contribution >= 4 is 0 Å². The van der Waals surface area contributed by atoms with Gasteiger partial charge in [0.2, 0.25) is 0 Å². The summed E-state index contributed by atoms with van der Waals surface area (Å²) in [6.07, 6.45) is 0.914. The van der Waals surface area contributed by atoms with Gasteiger partial charge in [-0.3, -0.25) is 0 Å². The van der Waals surface area contributed by atoms with Gasteiger partial charge < -0.3 is 19.9 Å². The largest absolute Gasteiger partial charge is 0.497 e. The molecule has 1 aromatic carbocycles. The maximum Gasteiger partial charge on any atom is 0.119 e. The lowest BCUT2D eigenvalue weighted by Crippen LogP contribution is -2.33. The lowest BCUT2D eigenvalue weighted by Gasteiger charge is -2.22. The van der Waals surface area contributed by atoms with Crippen LogP contribution in [-0.4, -0.2) is 38.6 Å². The van der Waals surface area contributed by atoms with Crippen molar-refractivity contribution in [2.75, 3.05) is 27.4 Å². The number of ether oxygens (including phenoxy) is 2. The van der Waals surface area contributed by atoms with Crippen LogP contribution in [0.2, 0.25) is 0 Å². The molecule has 4 nitrogen and oxygen atoms in total. The molecule has 1 rings (SSSR count). The van der Waals surface area contributed by atoms with Gasteiger partial charge in [0.15, 0.2) is 0 Å². The van der Waals surface area contributed by atoms with E-state index in [-0.39, 0.29) is 18.7 Å². The summed E-state index contributed by atoms with van der Waals surface area (Å²) in [6.45, 7) is 2.86. The Morgan fingerprint density at radius 1 is 1.33 bits per heavy atom. The topological polar surface area (TPSA) is 50.7 Å². The highest BCUT2D eigenvalue weighted by atomic mass is 16.5. The SMILES string of the molecule is COCCC(C)NC(CO)c1cccc(OC)c1. The number of benzene rings is 1. The Balaban J connectivity index is 2.64. The molecule has 0 amide bonds. The molecule has 0 aliphatic heterocycles. The van der Waals surface area contributed by atoms with Crippen molar-refractivity contribution in [3.63, 3.8) is 0 Å². The fourth-order valence-corrected chi connectivity index (χ4v) is 1.83. The number of rotatable bonds is 8. The van der Waals surface area contributed by atoms with E-state index in [1.165, 1.54) is 0 Å². The molecule has 0 heterocycles. The molecule has 2 unspecified atom stereocenters. The van der Waals surface area contributed by atoms with Crippen LogP contribution in [0.15, 0.2) is 24.3 Å². The Labute approximate surface area is 109 Å². The zero-order valence-electron chi connectivity index (χ0n) is 11.3. The second-order valence-electron chi connectivity index (χ2n) is 4.36. The van der Waals surface area contributed by atoms with Gasteiger partial charge in [-0.05, 0) is 31.0 Å². The van der Waals surface area contributed by atoms with E-state index in [1.807, 2.05) is 24.3 Å². The molecule has 4 heteroatoms. The monoisotopic (exact) mass is 253 g/mol. The van der Waals surface area contributed by atoms with Crippen LogP contribution in [-0.2, 0) is 4.74 Å². The van der Waals surface area contributed by atoms with Crippen molar-refractivity contribution < 1.29 is 14.6 Å². The molecule has 0 radical (unpaired) electrons. The van der Waals surface area contributed by atoms with Crippen LogP contribution in [0.5, 0.6) is 5.75 Å². The molecule has 0 aliphatic rings. The van der Waals surface area contributed by atoms with Crippen molar-refractivity contribution in [3.8, 4) is 5.75 Å². The molecule has 0 aliphatic carbocycles. The molecule has 0 spiro atoms. The number of methoxy groups -OCH3 is 2. The molecule has 18 heavy (non-hydrogen) atoms. The molecule has 0 bridgehead atoms. The predicted octanol–water partition coefficient (Wildman–Crippen LogP) is 1.74. The normalized spacial score (nSPS) is 14.2. The zero-order valence-corrected chi connectivity index (χ0v) is 11.3. The first-order chi connectivity index (χ1) is 8.71. The molecule has 0 saturated carbocycles. The summed E-state index contributed by atoms with van der Waals surface area (Å²) in [4.78, 5) is 0. The third kappa shape index (κ3) is 4.64. The molecule has 1 aromatic rings. The number of hydrogen-bond donors (Lipinski definition) is 2. The van der Waals surface area contributed by atoms with Crippen LogP contribution in [0.4, 0.5) is 0 Å². The second kappa shape index (κ2) is 8.08. The van der Waals surface area contributed by atoms with Crippen molar-refractivity contribution in [3.05, 3.63) is 29.8 Å². The summed E-state index contributed by atoms with van der Waals surface area (Å²) in [5.74, 6) is 0.803. The first kappa shape index (κ1) is 15.0. The van der Waals surface area contributed by atoms with Crippen molar-refractivity contribution in [1.29, 1.82) is 0 Å². The van der Waals surface area contributed by atoms with Gasteiger partial charge in [-0.1, -0.05) is 12.1 Å². The smallest absolute Gasteiger partial charge is 0.119 e. The Hall–Kier alpha value is -1.10. The number of nitrogens with one attached hydrogen (secondary N) is 1. The van der Waals surface area contributed by atoms with Crippen LogP contribution in [0.1, 0.15) is 24.9 Å². The number of aliphatic hydroxyl groups excluding tert-OH is 1. The molecule has 0 fully saturated rings. The van der Waals surface area contributed by atoms with Crippen LogP contribution in [0, 0.1) is 0 Å². The van der Waals surface area contributed by atoms with Gasteiger partial charge in [-0.15, -0.1) is 0 Å². The van der Waals surface area contributed by atoms with Gasteiger partial charge in [-0.25, -0.2) is 0 Å². The van der Waals surface area contributed by atoms with E-state index in [2.05, 4.69) is 12.2 Å². The predicted molar refractivity (Wildman–Crippen MR) is 71.9 cm³/mol. The summed E-state index contributed by atoms with van der Waals surface area (Å²) in [5.41, 5.74) is 1.03. The van der Waals surface area contributed by atoms with E-state index in [0.29, 0.717) is 6.61 Å². The second-order valence-corrected chi connectivity index (χ2v) is 4.36. The zero-order chi connectivity index (χ0) is 13.4. The average Bonchev–Trinajstić information content (AvgIpc) is 2.42. The minimum Gasteiger partial charge on any atom is -0.497 e. The van der Waals surface area contributed by atoms with E-state index in [9.17, 15) is 5.11 Å². The molecule has 2 atom stereocenters. The summed E-state index contributed by atoms with van der Waals surface area (Å²) >= 11 is 0. The third-order valence-electron chi connectivity index (χ3n) is 2.92. The van der Waals surface area contributed by atoms with Gasteiger partial charge in [0, 0.05) is 19.8 Å². The van der Waals surface area contributed by atoms with Crippen molar-refractivity contribution in [2.24, 2.45) is 0 Å². The highest BCUT2D eigenvalue weighted by molar-refractivity contribution is 5.30. The lowest BCUT2D eigenvalue weighted by atomic mass is 10.1. The van der Waals surface area contributed by atoms with Crippen LogP contribution in [0.25, 0.3) is 0 Å². The van der Waals surface area contributed by atoms with E-state index in [1.54, 1.807) is 14.2 Å². The minimum atomic E-state index is -0.0769. The fourth-order valence-electron chi connectivity index (χ4n) is 1.83. The van der Waals surface area contributed by atoms with Crippen LogP contribution >= 0.6 is 0 Å². The van der Waals surface area contributed by atoms with E-state index in [4.69, 9.17) is 9.47 Å². The quantitative estimate of drug-likeness (QED) is 0.741. The maximum atomic E-state index is 9.48. The summed E-state index contributed by atoms with van der Waals surface area (Å²) < 4.78 is 10.2. The average molecular weight is 253 g/mol. The first-order valence-corrected chi connectivity index (χ1v) is 6.21. The molecule has 0 aromatic heterocycles. The number of aliphatic hydroxyl groups is 1. The van der Waals surface area contributed by atoms with Gasteiger partial charge >= 0.3 is 0 Å². The highest BCUT2D eigenvalue weighted by Gasteiger charge is 2.13. The molecular formula is C14H23NO3. The Morgan fingerprint density at radius 3 is 2.72 bits per heavy atom. The van der Waals surface area contributed by atoms with E-state index in [0.717, 1.165) is 17.7 Å². The Morgan fingerprint density at radius 2 is 2.11 bits per heavy atom. The maximum absolute atomic E-state index is 9.48. The lowest BCUT2D eigenvalue weighted by molar-refractivity contribution is 0.175. The Kier molecular flexibility index (Phi) is 6.72. The first-order valence-electron chi connectivity index (χ1n) is 6.21. The standard InChI is InChI=1S/C14H23NO3/c1-11(7-8-17-2)15-14(10-16)12-5-4-6-13(9-12)18-3/h4-6,9,11,14-16H,7-8,10H2,1-3H3. The van der Waals surface area contributed by atoms with E-state index < -0.39 is 0 Å². The van der Waals surface area contributed by atoms with Crippen molar-refractivity contribution in [1.82, 2.24) is 5.32 Å².